The zero-order valence-corrected chi connectivity index (χ0v) is 11.4. The molecule has 0 radical (unpaired) electrons. The van der Waals surface area contributed by atoms with Gasteiger partial charge in [-0.15, -0.1) is 0 Å². The Morgan fingerprint density at radius 3 is 2.79 bits per heavy atom. The average Bonchev–Trinajstić information content (AvgIpc) is 2.41. The highest BCUT2D eigenvalue weighted by Gasteiger charge is 2.13. The minimum absolute atomic E-state index is 0.0512. The van der Waals surface area contributed by atoms with Crippen molar-refractivity contribution in [1.29, 1.82) is 0 Å². The van der Waals surface area contributed by atoms with Gasteiger partial charge in [0.15, 0.2) is 0 Å². The third kappa shape index (κ3) is 3.91. The number of nitro groups is 1. The number of nitrogens with zero attached hydrogens (tertiary/aromatic N) is 2. The molecule has 5 nitrogen and oxygen atoms in total. The lowest BCUT2D eigenvalue weighted by Gasteiger charge is -2.21. The lowest BCUT2D eigenvalue weighted by Crippen LogP contribution is -2.13. The Bertz CT molecular complexity index is 442. The molecule has 1 fully saturated rings. The van der Waals surface area contributed by atoms with Gasteiger partial charge in [-0.1, -0.05) is 32.1 Å². The summed E-state index contributed by atoms with van der Waals surface area (Å²) >= 11 is 0. The van der Waals surface area contributed by atoms with Gasteiger partial charge in [0, 0.05) is 12.6 Å². The number of nitrogens with one attached hydrogen (secondary N) is 1. The number of pyridine rings is 1. The highest BCUT2D eigenvalue weighted by Crippen LogP contribution is 2.26. The maximum atomic E-state index is 10.6. The van der Waals surface area contributed by atoms with Gasteiger partial charge in [0.2, 0.25) is 0 Å². The Labute approximate surface area is 113 Å². The largest absolute Gasteiger partial charge is 0.370 e. The highest BCUT2D eigenvalue weighted by atomic mass is 16.6. The summed E-state index contributed by atoms with van der Waals surface area (Å²) in [7, 11) is 0. The third-order valence-corrected chi connectivity index (χ3v) is 3.84. The monoisotopic (exact) mass is 263 g/mol. The fourth-order valence-corrected chi connectivity index (χ4v) is 2.72. The Balaban J connectivity index is 1.83. The summed E-state index contributed by atoms with van der Waals surface area (Å²) in [6, 6.07) is 1.57. The lowest BCUT2D eigenvalue weighted by atomic mass is 9.87. The van der Waals surface area contributed by atoms with Crippen LogP contribution in [0.4, 0.5) is 11.5 Å². The van der Waals surface area contributed by atoms with Crippen LogP contribution in [0.3, 0.4) is 0 Å². The molecule has 0 aromatic carbocycles. The van der Waals surface area contributed by atoms with Crippen molar-refractivity contribution in [2.45, 2.75) is 45.4 Å². The van der Waals surface area contributed by atoms with E-state index in [1.165, 1.54) is 38.3 Å². The first-order valence-corrected chi connectivity index (χ1v) is 7.01. The molecule has 0 unspecified atom stereocenters. The van der Waals surface area contributed by atoms with E-state index in [1.54, 1.807) is 6.07 Å². The fraction of sp³-hybridized carbons (Fsp3) is 0.643. The van der Waals surface area contributed by atoms with Crippen molar-refractivity contribution in [1.82, 2.24) is 4.98 Å². The second-order valence-electron chi connectivity index (χ2n) is 5.34. The van der Waals surface area contributed by atoms with E-state index in [9.17, 15) is 10.1 Å². The van der Waals surface area contributed by atoms with Crippen LogP contribution in [0, 0.1) is 23.0 Å². The van der Waals surface area contributed by atoms with Crippen LogP contribution in [0.5, 0.6) is 0 Å². The molecule has 1 aromatic rings. The Kier molecular flexibility index (Phi) is 4.71. The molecule has 0 spiro atoms. The molecular weight excluding hydrogens is 242 g/mol. The van der Waals surface area contributed by atoms with Crippen molar-refractivity contribution < 1.29 is 4.92 Å². The van der Waals surface area contributed by atoms with Crippen molar-refractivity contribution in [3.05, 3.63) is 27.9 Å². The SMILES string of the molecule is Cc1cc([N+](=O)[O-])cnc1NCCC1CCCCC1. The van der Waals surface area contributed by atoms with Gasteiger partial charge < -0.3 is 5.32 Å². The van der Waals surface area contributed by atoms with Gasteiger partial charge in [0.1, 0.15) is 12.0 Å². The zero-order chi connectivity index (χ0) is 13.7. The molecule has 1 heterocycles. The number of aryl methyl sites for hydroxylation is 1. The standard InChI is InChI=1S/C14H21N3O2/c1-11-9-13(17(18)19)10-16-14(11)15-8-7-12-5-3-2-4-6-12/h9-10,12H,2-8H2,1H3,(H,15,16). The highest BCUT2D eigenvalue weighted by molar-refractivity contribution is 5.48. The van der Waals surface area contributed by atoms with Crippen LogP contribution in [-0.2, 0) is 0 Å². The third-order valence-electron chi connectivity index (χ3n) is 3.84. The maximum absolute atomic E-state index is 10.6. The predicted octanol–water partition coefficient (Wildman–Crippen LogP) is 3.68. The van der Waals surface area contributed by atoms with Gasteiger partial charge in [0.05, 0.1) is 4.92 Å². The van der Waals surface area contributed by atoms with Gasteiger partial charge in [-0.05, 0) is 24.8 Å². The summed E-state index contributed by atoms with van der Waals surface area (Å²) in [6.07, 6.45) is 9.27. The van der Waals surface area contributed by atoms with E-state index < -0.39 is 4.92 Å². The predicted molar refractivity (Wildman–Crippen MR) is 75.3 cm³/mol. The molecule has 5 heteroatoms. The number of hydrogen-bond donors (Lipinski definition) is 1. The Hall–Kier alpha value is -1.65. The fourth-order valence-electron chi connectivity index (χ4n) is 2.72. The number of rotatable bonds is 5. The van der Waals surface area contributed by atoms with Gasteiger partial charge in [0.25, 0.3) is 5.69 Å². The van der Waals surface area contributed by atoms with E-state index in [4.69, 9.17) is 0 Å². The summed E-state index contributed by atoms with van der Waals surface area (Å²) in [6.45, 7) is 2.75. The molecule has 1 N–H and O–H groups in total. The number of aromatic nitrogens is 1. The molecule has 0 saturated heterocycles. The van der Waals surface area contributed by atoms with Gasteiger partial charge in [-0.25, -0.2) is 4.98 Å². The molecule has 104 valence electrons. The molecule has 1 aromatic heterocycles. The second-order valence-corrected chi connectivity index (χ2v) is 5.34. The topological polar surface area (TPSA) is 68.1 Å². The molecule has 1 aliphatic rings. The molecule has 1 aliphatic carbocycles. The quantitative estimate of drug-likeness (QED) is 0.650. The van der Waals surface area contributed by atoms with Gasteiger partial charge >= 0.3 is 0 Å². The van der Waals surface area contributed by atoms with E-state index in [0.29, 0.717) is 0 Å². The molecule has 1 saturated carbocycles. The van der Waals surface area contributed by atoms with E-state index >= 15 is 0 Å². The zero-order valence-electron chi connectivity index (χ0n) is 11.4. The smallest absolute Gasteiger partial charge is 0.287 e. The second kappa shape index (κ2) is 6.50. The first-order valence-electron chi connectivity index (χ1n) is 7.01. The van der Waals surface area contributed by atoms with Crippen LogP contribution < -0.4 is 5.32 Å². The minimum Gasteiger partial charge on any atom is -0.370 e. The molecule has 0 atom stereocenters. The summed E-state index contributed by atoms with van der Waals surface area (Å²) in [5.41, 5.74) is 0.883. The number of hydrogen-bond acceptors (Lipinski definition) is 4. The Morgan fingerprint density at radius 2 is 2.16 bits per heavy atom. The first kappa shape index (κ1) is 13.8. The summed E-state index contributed by atoms with van der Waals surface area (Å²) in [5.74, 6) is 1.60. The van der Waals surface area contributed by atoms with Crippen molar-refractivity contribution >= 4 is 11.5 Å². The van der Waals surface area contributed by atoms with Crippen molar-refractivity contribution in [3.63, 3.8) is 0 Å². The van der Waals surface area contributed by atoms with Crippen LogP contribution in [0.25, 0.3) is 0 Å². The summed E-state index contributed by atoms with van der Waals surface area (Å²) in [4.78, 5) is 14.3. The lowest BCUT2D eigenvalue weighted by molar-refractivity contribution is -0.385. The van der Waals surface area contributed by atoms with E-state index in [0.717, 1.165) is 30.3 Å². The van der Waals surface area contributed by atoms with Crippen molar-refractivity contribution in [2.24, 2.45) is 5.92 Å². The van der Waals surface area contributed by atoms with Crippen LogP contribution in [0.15, 0.2) is 12.3 Å². The van der Waals surface area contributed by atoms with E-state index in [-0.39, 0.29) is 5.69 Å². The average molecular weight is 263 g/mol. The number of anilines is 1. The Morgan fingerprint density at radius 1 is 1.42 bits per heavy atom. The molecular formula is C14H21N3O2. The van der Waals surface area contributed by atoms with Crippen molar-refractivity contribution in [2.75, 3.05) is 11.9 Å². The van der Waals surface area contributed by atoms with Crippen molar-refractivity contribution in [3.8, 4) is 0 Å². The van der Waals surface area contributed by atoms with E-state index in [2.05, 4.69) is 10.3 Å². The van der Waals surface area contributed by atoms with Crippen LogP contribution in [0.2, 0.25) is 0 Å². The minimum atomic E-state index is -0.411. The molecule has 2 rings (SSSR count). The summed E-state index contributed by atoms with van der Waals surface area (Å²) < 4.78 is 0. The molecule has 19 heavy (non-hydrogen) atoms. The van der Waals surface area contributed by atoms with Gasteiger partial charge in [-0.2, -0.15) is 0 Å². The van der Waals surface area contributed by atoms with E-state index in [1.807, 2.05) is 6.92 Å². The van der Waals surface area contributed by atoms with Gasteiger partial charge in [-0.3, -0.25) is 10.1 Å². The molecule has 0 bridgehead atoms. The van der Waals surface area contributed by atoms with Crippen LogP contribution in [-0.4, -0.2) is 16.5 Å². The maximum Gasteiger partial charge on any atom is 0.287 e. The normalized spacial score (nSPS) is 16.3. The molecule has 0 aliphatic heterocycles. The van der Waals surface area contributed by atoms with Crippen LogP contribution in [0.1, 0.15) is 44.1 Å². The molecule has 0 amide bonds. The summed E-state index contributed by atoms with van der Waals surface area (Å²) in [5, 5.41) is 13.9. The van der Waals surface area contributed by atoms with Crippen LogP contribution >= 0.6 is 0 Å². The first-order chi connectivity index (χ1) is 9.16.